The van der Waals surface area contributed by atoms with Crippen molar-refractivity contribution in [1.29, 1.82) is 0 Å². The number of benzene rings is 1. The molecule has 2 N–H and O–H groups in total. The van der Waals surface area contributed by atoms with E-state index in [1.807, 2.05) is 0 Å². The molecule has 1 fully saturated rings. The van der Waals surface area contributed by atoms with Gasteiger partial charge in [-0.3, -0.25) is 0 Å². The Morgan fingerprint density at radius 3 is 2.57 bits per heavy atom. The molecular formula is C13H15N3O4S. The molecule has 0 aliphatic heterocycles. The van der Waals surface area contributed by atoms with Gasteiger partial charge in [0, 0.05) is 5.92 Å². The topological polar surface area (TPSA) is 108 Å². The quantitative estimate of drug-likeness (QED) is 0.898. The first-order valence-electron chi connectivity index (χ1n) is 6.60. The van der Waals surface area contributed by atoms with E-state index in [1.165, 1.54) is 30.7 Å². The molecule has 1 saturated carbocycles. The number of rotatable bonds is 5. The molecule has 0 spiro atoms. The maximum absolute atomic E-state index is 11.1. The van der Waals surface area contributed by atoms with Gasteiger partial charge in [-0.25, -0.2) is 13.6 Å². The fraction of sp³-hybridized carbons (Fsp3) is 0.385. The second kappa shape index (κ2) is 5.45. The lowest BCUT2D eigenvalue weighted by Crippen LogP contribution is -2.11. The van der Waals surface area contributed by atoms with Crippen LogP contribution < -0.4 is 9.88 Å². The number of ether oxygens (including phenoxy) is 1. The van der Waals surface area contributed by atoms with Crippen molar-refractivity contribution in [2.24, 2.45) is 5.14 Å². The van der Waals surface area contributed by atoms with Crippen LogP contribution in [0.1, 0.15) is 36.9 Å². The van der Waals surface area contributed by atoms with Gasteiger partial charge in [-0.1, -0.05) is 11.6 Å². The van der Waals surface area contributed by atoms with Crippen LogP contribution in [0.2, 0.25) is 0 Å². The second-order valence-corrected chi connectivity index (χ2v) is 6.54. The van der Waals surface area contributed by atoms with Crippen LogP contribution in [-0.4, -0.2) is 18.6 Å². The molecule has 1 aliphatic carbocycles. The van der Waals surface area contributed by atoms with Crippen LogP contribution in [-0.2, 0) is 16.6 Å². The van der Waals surface area contributed by atoms with Gasteiger partial charge in [0.25, 0.3) is 5.89 Å². The lowest BCUT2D eigenvalue weighted by Gasteiger charge is -2.20. The van der Waals surface area contributed by atoms with Crippen LogP contribution in [0.5, 0.6) is 5.75 Å². The van der Waals surface area contributed by atoms with Gasteiger partial charge in [0.1, 0.15) is 5.75 Å². The summed E-state index contributed by atoms with van der Waals surface area (Å²) in [5, 5.41) is 8.95. The molecule has 2 aromatic rings. The molecule has 112 valence electrons. The number of nitrogens with two attached hydrogens (primary N) is 1. The molecule has 3 rings (SSSR count). The van der Waals surface area contributed by atoms with Crippen molar-refractivity contribution in [2.45, 2.75) is 36.7 Å². The van der Waals surface area contributed by atoms with Crippen molar-refractivity contribution < 1.29 is 17.7 Å². The summed E-state index contributed by atoms with van der Waals surface area (Å²) in [6, 6.07) is 5.84. The van der Waals surface area contributed by atoms with Gasteiger partial charge >= 0.3 is 0 Å². The van der Waals surface area contributed by atoms with Crippen LogP contribution in [0.4, 0.5) is 0 Å². The zero-order chi connectivity index (χ0) is 14.9. The number of aromatic nitrogens is 2. The molecule has 8 heteroatoms. The summed E-state index contributed by atoms with van der Waals surface area (Å²) in [6.45, 7) is 0.147. The predicted molar refractivity (Wildman–Crippen MR) is 73.0 cm³/mol. The maximum atomic E-state index is 11.1. The Labute approximate surface area is 122 Å². The van der Waals surface area contributed by atoms with Crippen molar-refractivity contribution >= 4 is 10.0 Å². The molecule has 21 heavy (non-hydrogen) atoms. The lowest BCUT2D eigenvalue weighted by atomic mass is 9.85. The number of primary sulfonamides is 1. The van der Waals surface area contributed by atoms with Crippen molar-refractivity contribution in [1.82, 2.24) is 10.1 Å². The van der Waals surface area contributed by atoms with Crippen LogP contribution >= 0.6 is 0 Å². The Hall–Kier alpha value is -1.93. The second-order valence-electron chi connectivity index (χ2n) is 4.98. The first-order chi connectivity index (χ1) is 10.0. The molecular weight excluding hydrogens is 294 g/mol. The van der Waals surface area contributed by atoms with Crippen LogP contribution in [0.25, 0.3) is 0 Å². The molecule has 0 saturated heterocycles. The van der Waals surface area contributed by atoms with Crippen molar-refractivity contribution in [2.75, 3.05) is 0 Å². The maximum Gasteiger partial charge on any atom is 0.264 e. The van der Waals surface area contributed by atoms with E-state index in [9.17, 15) is 8.42 Å². The molecule has 0 atom stereocenters. The van der Waals surface area contributed by atoms with Crippen molar-refractivity contribution in [3.8, 4) is 5.75 Å². The van der Waals surface area contributed by atoms with E-state index in [2.05, 4.69) is 10.1 Å². The summed E-state index contributed by atoms with van der Waals surface area (Å²) in [6.07, 6.45) is 3.42. The van der Waals surface area contributed by atoms with Gasteiger partial charge in [-0.2, -0.15) is 4.98 Å². The largest absolute Gasteiger partial charge is 0.484 e. The van der Waals surface area contributed by atoms with E-state index in [4.69, 9.17) is 14.4 Å². The van der Waals surface area contributed by atoms with Gasteiger partial charge in [-0.15, -0.1) is 0 Å². The highest BCUT2D eigenvalue weighted by Gasteiger charge is 2.24. The molecule has 1 aliphatic rings. The highest BCUT2D eigenvalue weighted by atomic mass is 32.2. The smallest absolute Gasteiger partial charge is 0.264 e. The third kappa shape index (κ3) is 3.22. The molecule has 0 bridgehead atoms. The molecule has 1 heterocycles. The summed E-state index contributed by atoms with van der Waals surface area (Å²) in [5.74, 6) is 2.07. The number of hydrogen-bond acceptors (Lipinski definition) is 6. The Morgan fingerprint density at radius 1 is 1.29 bits per heavy atom. The minimum absolute atomic E-state index is 0.0416. The fourth-order valence-electron chi connectivity index (χ4n) is 2.03. The number of hydrogen-bond donors (Lipinski definition) is 1. The van der Waals surface area contributed by atoms with E-state index in [-0.39, 0.29) is 11.5 Å². The third-order valence-corrected chi connectivity index (χ3v) is 4.40. The summed E-state index contributed by atoms with van der Waals surface area (Å²) in [4.78, 5) is 4.33. The van der Waals surface area contributed by atoms with E-state index in [0.29, 0.717) is 17.6 Å². The first-order valence-corrected chi connectivity index (χ1v) is 8.15. The van der Waals surface area contributed by atoms with Crippen molar-refractivity contribution in [3.63, 3.8) is 0 Å². The fourth-order valence-corrected chi connectivity index (χ4v) is 2.54. The summed E-state index contributed by atoms with van der Waals surface area (Å²) in [7, 11) is -3.69. The van der Waals surface area contributed by atoms with Gasteiger partial charge in [0.2, 0.25) is 10.0 Å². The molecule has 1 aromatic heterocycles. The predicted octanol–water partition coefficient (Wildman–Crippen LogP) is 1.56. The summed E-state index contributed by atoms with van der Waals surface area (Å²) in [5.41, 5.74) is 0. The SMILES string of the molecule is NS(=O)(=O)c1ccc(OCc2nc(C3CCC3)no2)cc1. The molecule has 0 amide bonds. The Morgan fingerprint density at radius 2 is 2.00 bits per heavy atom. The molecule has 7 nitrogen and oxygen atoms in total. The molecule has 0 unspecified atom stereocenters. The zero-order valence-corrected chi connectivity index (χ0v) is 12.0. The molecule has 1 aromatic carbocycles. The van der Waals surface area contributed by atoms with E-state index < -0.39 is 10.0 Å². The highest BCUT2D eigenvalue weighted by Crippen LogP contribution is 2.34. The summed E-state index contributed by atoms with van der Waals surface area (Å²) >= 11 is 0. The first kappa shape index (κ1) is 14.0. The Balaban J connectivity index is 1.60. The van der Waals surface area contributed by atoms with Gasteiger partial charge < -0.3 is 9.26 Å². The van der Waals surface area contributed by atoms with Crippen LogP contribution in [0, 0.1) is 0 Å². The number of nitrogens with zero attached hydrogens (tertiary/aromatic N) is 2. The standard InChI is InChI=1S/C13H15N3O4S/c14-21(17,18)11-6-4-10(5-7-11)19-8-12-15-13(16-20-12)9-2-1-3-9/h4-7,9H,1-3,8H2,(H2,14,17,18). The monoisotopic (exact) mass is 309 g/mol. The zero-order valence-electron chi connectivity index (χ0n) is 11.2. The van der Waals surface area contributed by atoms with Gasteiger partial charge in [-0.05, 0) is 37.1 Å². The third-order valence-electron chi connectivity index (χ3n) is 3.47. The van der Waals surface area contributed by atoms with E-state index in [0.717, 1.165) is 18.7 Å². The van der Waals surface area contributed by atoms with Gasteiger partial charge in [0.15, 0.2) is 12.4 Å². The van der Waals surface area contributed by atoms with E-state index in [1.54, 1.807) is 0 Å². The average Bonchev–Trinajstić information content (AvgIpc) is 2.82. The highest BCUT2D eigenvalue weighted by molar-refractivity contribution is 7.89. The average molecular weight is 309 g/mol. The minimum Gasteiger partial charge on any atom is -0.484 e. The number of sulfonamides is 1. The lowest BCUT2D eigenvalue weighted by molar-refractivity contribution is 0.241. The van der Waals surface area contributed by atoms with Crippen molar-refractivity contribution in [3.05, 3.63) is 36.0 Å². The summed E-state index contributed by atoms with van der Waals surface area (Å²) < 4.78 is 32.8. The van der Waals surface area contributed by atoms with Crippen LogP contribution in [0.3, 0.4) is 0 Å². The van der Waals surface area contributed by atoms with Crippen LogP contribution in [0.15, 0.2) is 33.7 Å². The normalized spacial score (nSPS) is 15.7. The van der Waals surface area contributed by atoms with Gasteiger partial charge in [0.05, 0.1) is 4.90 Å². The molecule has 0 radical (unpaired) electrons. The van der Waals surface area contributed by atoms with E-state index >= 15 is 0 Å². The Kier molecular flexibility index (Phi) is 3.64. The minimum atomic E-state index is -3.69. The Bertz CT molecular complexity index is 720.